The molecule has 1 aromatic heterocycles. The minimum Gasteiger partial charge on any atom is -0.350 e. The number of nitrogens with zero attached hydrogens (tertiary/aromatic N) is 1. The highest BCUT2D eigenvalue weighted by Crippen LogP contribution is 2.07. The van der Waals surface area contributed by atoms with Crippen LogP contribution >= 0.6 is 11.3 Å². The third kappa shape index (κ3) is 3.27. The van der Waals surface area contributed by atoms with Crippen molar-refractivity contribution in [3.8, 4) is 0 Å². The third-order valence-corrected chi connectivity index (χ3v) is 2.09. The van der Waals surface area contributed by atoms with Gasteiger partial charge in [-0.1, -0.05) is 12.2 Å². The Bertz CT molecular complexity index is 295. The molecular weight excluding hydrogens is 188 g/mol. The Balaban J connectivity index is 2.38. The van der Waals surface area contributed by atoms with Crippen LogP contribution < -0.4 is 5.73 Å². The van der Waals surface area contributed by atoms with E-state index in [-0.39, 0.29) is 6.54 Å². The molecule has 13 heavy (non-hydrogen) atoms. The van der Waals surface area contributed by atoms with Crippen LogP contribution in [-0.2, 0) is 0 Å². The Labute approximate surface area is 79.9 Å². The van der Waals surface area contributed by atoms with Gasteiger partial charge in [0.2, 0.25) is 0 Å². The number of hydrogen-bond acceptors (Lipinski definition) is 3. The summed E-state index contributed by atoms with van der Waals surface area (Å²) in [6.07, 6.45) is 3.47. The highest BCUT2D eigenvalue weighted by atomic mass is 32.1. The Kier molecular flexibility index (Phi) is 3.48. The number of nitrogens with two attached hydrogens (primary N) is 1. The maximum Gasteiger partial charge on any atom is 0.338 e. The summed E-state index contributed by atoms with van der Waals surface area (Å²) in [7, 11) is 0. The van der Waals surface area contributed by atoms with Crippen molar-refractivity contribution in [1.82, 2.24) is 5.06 Å². The van der Waals surface area contributed by atoms with Crippen LogP contribution in [0.2, 0.25) is 0 Å². The molecule has 1 heterocycles. The zero-order chi connectivity index (χ0) is 9.68. The Morgan fingerprint density at radius 2 is 2.54 bits per heavy atom. The molecule has 0 radical (unpaired) electrons. The first-order chi connectivity index (χ1) is 6.20. The molecule has 4 nitrogen and oxygen atoms in total. The fourth-order valence-electron chi connectivity index (χ4n) is 0.748. The number of urea groups is 1. The molecule has 3 N–H and O–H groups in total. The normalized spacial score (nSPS) is 10.5. The van der Waals surface area contributed by atoms with E-state index < -0.39 is 6.03 Å². The minimum atomic E-state index is -0.852. The number of amides is 2. The summed E-state index contributed by atoms with van der Waals surface area (Å²) >= 11 is 1.59. The second kappa shape index (κ2) is 4.64. The molecule has 70 valence electrons. The number of rotatable bonds is 3. The van der Waals surface area contributed by atoms with E-state index in [0.29, 0.717) is 5.06 Å². The second-order valence-electron chi connectivity index (χ2n) is 2.38. The van der Waals surface area contributed by atoms with Crippen LogP contribution in [-0.4, -0.2) is 22.8 Å². The first-order valence-corrected chi connectivity index (χ1v) is 4.59. The monoisotopic (exact) mass is 198 g/mol. The Morgan fingerprint density at radius 1 is 1.77 bits per heavy atom. The van der Waals surface area contributed by atoms with Crippen molar-refractivity contribution in [2.75, 3.05) is 6.54 Å². The molecule has 2 amide bonds. The fourth-order valence-corrected chi connectivity index (χ4v) is 1.38. The van der Waals surface area contributed by atoms with Gasteiger partial charge in [0, 0.05) is 0 Å². The second-order valence-corrected chi connectivity index (χ2v) is 3.16. The van der Waals surface area contributed by atoms with Gasteiger partial charge in [0.1, 0.15) is 0 Å². The van der Waals surface area contributed by atoms with Crippen LogP contribution in [0, 0.1) is 0 Å². The van der Waals surface area contributed by atoms with Gasteiger partial charge in [-0.3, -0.25) is 5.21 Å². The maximum atomic E-state index is 10.4. The van der Waals surface area contributed by atoms with Gasteiger partial charge in [-0.05, 0) is 22.4 Å². The molecule has 0 saturated heterocycles. The van der Waals surface area contributed by atoms with Crippen molar-refractivity contribution in [2.24, 2.45) is 5.73 Å². The maximum absolute atomic E-state index is 10.4. The number of primary amides is 1. The van der Waals surface area contributed by atoms with Crippen LogP contribution in [0.25, 0.3) is 6.08 Å². The lowest BCUT2D eigenvalue weighted by Gasteiger charge is -2.07. The van der Waals surface area contributed by atoms with Gasteiger partial charge in [-0.25, -0.2) is 9.86 Å². The van der Waals surface area contributed by atoms with Crippen LogP contribution in [0.4, 0.5) is 4.79 Å². The molecule has 0 aliphatic rings. The third-order valence-electron chi connectivity index (χ3n) is 1.39. The number of carbonyl (C=O) groups excluding carboxylic acids is 1. The van der Waals surface area contributed by atoms with Gasteiger partial charge < -0.3 is 5.73 Å². The first kappa shape index (κ1) is 9.76. The average Bonchev–Trinajstić information content (AvgIpc) is 2.56. The molecule has 0 aromatic carbocycles. The van der Waals surface area contributed by atoms with E-state index in [1.807, 2.05) is 22.9 Å². The molecule has 0 fully saturated rings. The molecule has 1 aromatic rings. The molecule has 0 aliphatic carbocycles. The van der Waals surface area contributed by atoms with E-state index in [2.05, 4.69) is 0 Å². The molecule has 0 saturated carbocycles. The molecule has 0 atom stereocenters. The summed E-state index contributed by atoms with van der Waals surface area (Å²) in [5.74, 6) is 0. The van der Waals surface area contributed by atoms with Crippen LogP contribution in [0.15, 0.2) is 22.9 Å². The SMILES string of the molecule is NC(=O)N(O)C/C=C/c1ccsc1. The lowest BCUT2D eigenvalue weighted by molar-refractivity contribution is -0.0286. The van der Waals surface area contributed by atoms with Crippen LogP contribution in [0.1, 0.15) is 5.56 Å². The summed E-state index contributed by atoms with van der Waals surface area (Å²) in [5, 5.41) is 13.2. The Morgan fingerprint density at radius 3 is 3.08 bits per heavy atom. The standard InChI is InChI=1S/C8H10N2O2S/c9-8(11)10(12)4-1-2-7-3-5-13-6-7/h1-3,5-6,12H,4H2,(H2,9,11)/b2-1+. The quantitative estimate of drug-likeness (QED) is 0.571. The topological polar surface area (TPSA) is 66.6 Å². The largest absolute Gasteiger partial charge is 0.350 e. The molecule has 0 aliphatic heterocycles. The van der Waals surface area contributed by atoms with Crippen molar-refractivity contribution < 1.29 is 10.0 Å². The molecular formula is C8H10N2O2S. The average molecular weight is 198 g/mol. The van der Waals surface area contributed by atoms with E-state index in [1.54, 1.807) is 17.4 Å². The Hall–Kier alpha value is -1.33. The molecule has 0 unspecified atom stereocenters. The summed E-state index contributed by atoms with van der Waals surface area (Å²) in [6, 6.07) is 1.09. The van der Waals surface area contributed by atoms with Crippen molar-refractivity contribution in [2.45, 2.75) is 0 Å². The van der Waals surface area contributed by atoms with E-state index >= 15 is 0 Å². The summed E-state index contributed by atoms with van der Waals surface area (Å²) in [4.78, 5) is 10.4. The first-order valence-electron chi connectivity index (χ1n) is 3.64. The number of hydrogen-bond donors (Lipinski definition) is 2. The smallest absolute Gasteiger partial charge is 0.338 e. The fraction of sp³-hybridized carbons (Fsp3) is 0.125. The highest BCUT2D eigenvalue weighted by molar-refractivity contribution is 7.08. The molecule has 5 heteroatoms. The zero-order valence-electron chi connectivity index (χ0n) is 6.88. The summed E-state index contributed by atoms with van der Waals surface area (Å²) in [5.41, 5.74) is 5.84. The number of carbonyl (C=O) groups is 1. The van der Waals surface area contributed by atoms with Gasteiger partial charge in [0.15, 0.2) is 0 Å². The van der Waals surface area contributed by atoms with Gasteiger partial charge in [-0.2, -0.15) is 11.3 Å². The van der Waals surface area contributed by atoms with E-state index in [4.69, 9.17) is 10.9 Å². The number of hydroxylamine groups is 2. The van der Waals surface area contributed by atoms with Crippen LogP contribution in [0.3, 0.4) is 0 Å². The summed E-state index contributed by atoms with van der Waals surface area (Å²) < 4.78 is 0. The van der Waals surface area contributed by atoms with Crippen molar-refractivity contribution in [3.05, 3.63) is 28.5 Å². The minimum absolute atomic E-state index is 0.102. The lowest BCUT2D eigenvalue weighted by atomic mass is 10.3. The molecule has 0 bridgehead atoms. The van der Waals surface area contributed by atoms with Crippen molar-refractivity contribution in [1.29, 1.82) is 0 Å². The van der Waals surface area contributed by atoms with Gasteiger partial charge >= 0.3 is 6.03 Å². The van der Waals surface area contributed by atoms with Crippen molar-refractivity contribution in [3.63, 3.8) is 0 Å². The molecule has 0 spiro atoms. The lowest BCUT2D eigenvalue weighted by Crippen LogP contribution is -2.32. The van der Waals surface area contributed by atoms with Gasteiger partial charge in [-0.15, -0.1) is 0 Å². The summed E-state index contributed by atoms with van der Waals surface area (Å²) in [6.45, 7) is 0.102. The van der Waals surface area contributed by atoms with Crippen molar-refractivity contribution >= 4 is 23.4 Å². The van der Waals surface area contributed by atoms with Gasteiger partial charge in [0.25, 0.3) is 0 Å². The van der Waals surface area contributed by atoms with Gasteiger partial charge in [0.05, 0.1) is 6.54 Å². The highest BCUT2D eigenvalue weighted by Gasteiger charge is 2.00. The predicted molar refractivity (Wildman–Crippen MR) is 51.4 cm³/mol. The zero-order valence-corrected chi connectivity index (χ0v) is 7.70. The molecule has 1 rings (SSSR count). The number of thiophene rings is 1. The van der Waals surface area contributed by atoms with E-state index in [1.165, 1.54) is 0 Å². The van der Waals surface area contributed by atoms with Crippen LogP contribution in [0.5, 0.6) is 0 Å². The van der Waals surface area contributed by atoms with E-state index in [0.717, 1.165) is 5.56 Å². The predicted octanol–water partition coefficient (Wildman–Crippen LogP) is 1.53. The van der Waals surface area contributed by atoms with E-state index in [9.17, 15) is 4.79 Å².